The number of amides is 1. The van der Waals surface area contributed by atoms with Crippen LogP contribution in [0.4, 0.5) is 0 Å². The van der Waals surface area contributed by atoms with Crippen molar-refractivity contribution >= 4 is 21.8 Å². The Balaban J connectivity index is 2.81. The minimum absolute atomic E-state index is 0.0903. The van der Waals surface area contributed by atoms with E-state index in [0.717, 1.165) is 5.56 Å². The van der Waals surface area contributed by atoms with Crippen LogP contribution in [-0.2, 0) is 0 Å². The Morgan fingerprint density at radius 3 is 2.62 bits per heavy atom. The molecule has 0 aliphatic rings. The van der Waals surface area contributed by atoms with Crippen LogP contribution >= 0.6 is 15.9 Å². The van der Waals surface area contributed by atoms with Gasteiger partial charge in [-0.05, 0) is 32.4 Å². The summed E-state index contributed by atoms with van der Waals surface area (Å²) in [7, 11) is 0. The summed E-state index contributed by atoms with van der Waals surface area (Å²) in [6.45, 7) is 7.89. The highest BCUT2D eigenvalue weighted by atomic mass is 79.9. The zero-order valence-electron chi connectivity index (χ0n) is 10.0. The Labute approximate surface area is 105 Å². The van der Waals surface area contributed by atoms with E-state index in [-0.39, 0.29) is 16.3 Å². The molecule has 1 unspecified atom stereocenters. The molecule has 0 bridgehead atoms. The molecule has 0 aliphatic heterocycles. The van der Waals surface area contributed by atoms with Gasteiger partial charge in [-0.1, -0.05) is 22.9 Å². The number of carbonyl (C=O) groups is 1. The maximum Gasteiger partial charge on any atom is 0.253 e. The van der Waals surface area contributed by atoms with Gasteiger partial charge in [0.1, 0.15) is 0 Å². The molecule has 0 fully saturated rings. The number of alkyl halides is 1. The monoisotopic (exact) mass is 284 g/mol. The van der Waals surface area contributed by atoms with Crippen molar-refractivity contribution in [3.8, 4) is 0 Å². The molecule has 16 heavy (non-hydrogen) atoms. The van der Waals surface area contributed by atoms with Gasteiger partial charge in [-0.25, -0.2) is 0 Å². The molecule has 4 heteroatoms. The number of hydrogen-bond donors (Lipinski definition) is 1. The lowest BCUT2D eigenvalue weighted by molar-refractivity contribution is 0.0913. The van der Waals surface area contributed by atoms with Crippen LogP contribution in [0.1, 0.15) is 36.7 Å². The van der Waals surface area contributed by atoms with Crippen molar-refractivity contribution in [3.63, 3.8) is 0 Å². The van der Waals surface area contributed by atoms with Gasteiger partial charge < -0.3 is 5.32 Å². The molecule has 1 amide bonds. The minimum Gasteiger partial charge on any atom is -0.346 e. The highest BCUT2D eigenvalue weighted by molar-refractivity contribution is 9.09. The van der Waals surface area contributed by atoms with E-state index in [9.17, 15) is 4.79 Å². The largest absolute Gasteiger partial charge is 0.346 e. The van der Waals surface area contributed by atoms with Crippen molar-refractivity contribution in [2.45, 2.75) is 38.1 Å². The molecule has 0 saturated carbocycles. The fraction of sp³-hybridized carbons (Fsp3) is 0.500. The third-order valence-electron chi connectivity index (χ3n) is 2.57. The molecular formula is C12H17BrN2O. The maximum absolute atomic E-state index is 11.9. The Morgan fingerprint density at radius 1 is 1.50 bits per heavy atom. The van der Waals surface area contributed by atoms with E-state index in [1.165, 1.54) is 0 Å². The van der Waals surface area contributed by atoms with Gasteiger partial charge in [-0.3, -0.25) is 9.78 Å². The van der Waals surface area contributed by atoms with Crippen LogP contribution < -0.4 is 5.32 Å². The summed E-state index contributed by atoms with van der Waals surface area (Å²) < 4.78 is 0. The van der Waals surface area contributed by atoms with E-state index in [1.54, 1.807) is 12.4 Å². The summed E-state index contributed by atoms with van der Waals surface area (Å²) in [5.41, 5.74) is 1.29. The van der Waals surface area contributed by atoms with E-state index in [2.05, 4.69) is 26.2 Å². The average molecular weight is 285 g/mol. The van der Waals surface area contributed by atoms with Crippen molar-refractivity contribution in [1.29, 1.82) is 0 Å². The first kappa shape index (κ1) is 13.2. The summed E-state index contributed by atoms with van der Waals surface area (Å²) in [4.78, 5) is 16.1. The Morgan fingerprint density at radius 2 is 2.12 bits per heavy atom. The molecule has 0 aliphatic carbocycles. The van der Waals surface area contributed by atoms with E-state index < -0.39 is 0 Å². The summed E-state index contributed by atoms with van der Waals surface area (Å²) in [6.07, 6.45) is 3.31. The quantitative estimate of drug-likeness (QED) is 0.868. The Bertz CT molecular complexity index is 388. The van der Waals surface area contributed by atoms with Crippen molar-refractivity contribution in [3.05, 3.63) is 29.6 Å². The van der Waals surface area contributed by atoms with E-state index >= 15 is 0 Å². The van der Waals surface area contributed by atoms with Crippen LogP contribution in [0.15, 0.2) is 18.5 Å². The third-order valence-corrected chi connectivity index (χ3v) is 3.71. The zero-order valence-corrected chi connectivity index (χ0v) is 11.6. The normalized spacial score (nSPS) is 13.3. The number of nitrogens with one attached hydrogen (secondary N) is 1. The molecule has 0 spiro atoms. The number of pyridine rings is 1. The molecule has 1 N–H and O–H groups in total. The van der Waals surface area contributed by atoms with Gasteiger partial charge in [0.25, 0.3) is 5.91 Å². The number of halogens is 1. The maximum atomic E-state index is 11.9. The van der Waals surface area contributed by atoms with Gasteiger partial charge in [-0.15, -0.1) is 0 Å². The van der Waals surface area contributed by atoms with Gasteiger partial charge >= 0.3 is 0 Å². The number of carbonyl (C=O) groups excluding carboxylic acids is 1. The number of nitrogens with zero attached hydrogens (tertiary/aromatic N) is 1. The fourth-order valence-corrected chi connectivity index (χ4v) is 1.26. The van der Waals surface area contributed by atoms with Crippen LogP contribution in [0.25, 0.3) is 0 Å². The topological polar surface area (TPSA) is 42.0 Å². The highest BCUT2D eigenvalue weighted by Gasteiger charge is 2.26. The number of hydrogen-bond acceptors (Lipinski definition) is 2. The lowest BCUT2D eigenvalue weighted by atomic mass is 10.0. The van der Waals surface area contributed by atoms with Gasteiger partial charge in [0, 0.05) is 22.8 Å². The van der Waals surface area contributed by atoms with Gasteiger partial charge in [-0.2, -0.15) is 0 Å². The van der Waals surface area contributed by atoms with Crippen molar-refractivity contribution in [1.82, 2.24) is 10.3 Å². The minimum atomic E-state index is -0.291. The van der Waals surface area contributed by atoms with E-state index in [0.29, 0.717) is 5.56 Å². The molecule has 1 aromatic rings. The first-order valence-electron chi connectivity index (χ1n) is 5.21. The molecule has 1 rings (SSSR count). The molecule has 1 heterocycles. The molecule has 1 aromatic heterocycles. The van der Waals surface area contributed by atoms with Gasteiger partial charge in [0.15, 0.2) is 0 Å². The summed E-state index contributed by atoms with van der Waals surface area (Å²) in [6, 6.07) is 1.83. The van der Waals surface area contributed by atoms with E-state index in [1.807, 2.05) is 33.8 Å². The summed E-state index contributed by atoms with van der Waals surface area (Å²) in [5.74, 6) is -0.0903. The zero-order chi connectivity index (χ0) is 12.3. The number of rotatable bonds is 3. The molecule has 0 saturated heterocycles. The second kappa shape index (κ2) is 4.95. The predicted molar refractivity (Wildman–Crippen MR) is 68.9 cm³/mol. The van der Waals surface area contributed by atoms with Crippen LogP contribution in [0, 0.1) is 6.92 Å². The van der Waals surface area contributed by atoms with Crippen molar-refractivity contribution in [2.24, 2.45) is 0 Å². The average Bonchev–Trinajstić information content (AvgIpc) is 2.16. The van der Waals surface area contributed by atoms with Gasteiger partial charge in [0.05, 0.1) is 5.56 Å². The van der Waals surface area contributed by atoms with Crippen LogP contribution in [-0.4, -0.2) is 21.3 Å². The molecule has 0 radical (unpaired) electrons. The SMILES string of the molecule is Cc1cncc(C(=O)NC(C)(C)C(C)Br)c1. The second-order valence-electron chi connectivity index (χ2n) is 4.54. The van der Waals surface area contributed by atoms with Crippen molar-refractivity contribution < 1.29 is 4.79 Å². The lowest BCUT2D eigenvalue weighted by Crippen LogP contribution is -2.48. The standard InChI is InChI=1S/C12H17BrN2O/c1-8-5-10(7-14-6-8)11(16)15-12(3,4)9(2)13/h5-7,9H,1-4H3,(H,15,16). The predicted octanol–water partition coefficient (Wildman–Crippen LogP) is 2.68. The summed E-state index contributed by atoms with van der Waals surface area (Å²) >= 11 is 3.48. The number of aryl methyl sites for hydroxylation is 1. The lowest BCUT2D eigenvalue weighted by Gasteiger charge is -2.29. The van der Waals surface area contributed by atoms with E-state index in [4.69, 9.17) is 0 Å². The summed E-state index contributed by atoms with van der Waals surface area (Å²) in [5, 5.41) is 2.97. The molecule has 0 aromatic carbocycles. The molecular weight excluding hydrogens is 268 g/mol. The molecule has 1 atom stereocenters. The molecule has 88 valence electrons. The highest BCUT2D eigenvalue weighted by Crippen LogP contribution is 2.17. The second-order valence-corrected chi connectivity index (χ2v) is 5.92. The fourth-order valence-electron chi connectivity index (χ4n) is 1.14. The third kappa shape index (κ3) is 3.30. The first-order valence-corrected chi connectivity index (χ1v) is 6.13. The number of aromatic nitrogens is 1. The van der Waals surface area contributed by atoms with Crippen LogP contribution in [0.5, 0.6) is 0 Å². The smallest absolute Gasteiger partial charge is 0.253 e. The van der Waals surface area contributed by atoms with Crippen molar-refractivity contribution in [2.75, 3.05) is 0 Å². The molecule has 3 nitrogen and oxygen atoms in total. The Kier molecular flexibility index (Phi) is 4.08. The van der Waals surface area contributed by atoms with Gasteiger partial charge in [0.2, 0.25) is 0 Å². The van der Waals surface area contributed by atoms with Crippen LogP contribution in [0.2, 0.25) is 0 Å². The Hall–Kier alpha value is -0.900. The van der Waals surface area contributed by atoms with Crippen LogP contribution in [0.3, 0.4) is 0 Å². The first-order chi connectivity index (χ1) is 7.33.